The van der Waals surface area contributed by atoms with Gasteiger partial charge in [0.15, 0.2) is 5.54 Å². The van der Waals surface area contributed by atoms with Gasteiger partial charge < -0.3 is 5.11 Å². The van der Waals surface area contributed by atoms with Crippen molar-refractivity contribution in [2.45, 2.75) is 31.7 Å². The van der Waals surface area contributed by atoms with Crippen LogP contribution < -0.4 is 0 Å². The van der Waals surface area contributed by atoms with Gasteiger partial charge in [0.05, 0.1) is 0 Å². The van der Waals surface area contributed by atoms with Gasteiger partial charge in [0.2, 0.25) is 0 Å². The van der Waals surface area contributed by atoms with Crippen LogP contribution in [-0.2, 0) is 4.79 Å². The summed E-state index contributed by atoms with van der Waals surface area (Å²) in [6.07, 6.45) is 1.54. The number of carboxylic acid groups (broad SMARTS) is 1. The molecular formula is C13H14FNO2. The summed E-state index contributed by atoms with van der Waals surface area (Å²) in [5, 5.41) is 9.20. The van der Waals surface area contributed by atoms with Crippen molar-refractivity contribution in [3.8, 4) is 0 Å². The highest BCUT2D eigenvalue weighted by molar-refractivity contribution is 6.04. The minimum atomic E-state index is -1.01. The smallest absolute Gasteiger partial charge is 0.331 e. The second-order valence-electron chi connectivity index (χ2n) is 4.26. The third-order valence-electron chi connectivity index (χ3n) is 3.27. The Morgan fingerprint density at radius 1 is 1.59 bits per heavy atom. The summed E-state index contributed by atoms with van der Waals surface area (Å²) in [7, 11) is 0. The number of hydrogen-bond acceptors (Lipinski definition) is 2. The molecule has 1 atom stereocenters. The highest BCUT2D eigenvalue weighted by Gasteiger charge is 2.40. The van der Waals surface area contributed by atoms with Crippen molar-refractivity contribution in [1.82, 2.24) is 0 Å². The third-order valence-corrected chi connectivity index (χ3v) is 3.27. The summed E-state index contributed by atoms with van der Waals surface area (Å²) in [4.78, 5) is 15.5. The predicted molar refractivity (Wildman–Crippen MR) is 62.8 cm³/mol. The first-order valence-corrected chi connectivity index (χ1v) is 5.65. The molecule has 0 saturated heterocycles. The van der Waals surface area contributed by atoms with Gasteiger partial charge in [-0.2, -0.15) is 0 Å². The number of hydrogen-bond donors (Lipinski definition) is 1. The molecule has 1 N–H and O–H groups in total. The number of carboxylic acids is 1. The summed E-state index contributed by atoms with van der Waals surface area (Å²) in [6.45, 7) is 1.81. The monoisotopic (exact) mass is 235 g/mol. The summed E-state index contributed by atoms with van der Waals surface area (Å²) in [5.41, 5.74) is 0.358. The van der Waals surface area contributed by atoms with E-state index < -0.39 is 11.5 Å². The van der Waals surface area contributed by atoms with Crippen LogP contribution in [0.2, 0.25) is 0 Å². The van der Waals surface area contributed by atoms with Crippen LogP contribution in [0.1, 0.15) is 31.7 Å². The number of halogens is 1. The number of nitrogens with zero attached hydrogens (tertiary/aromatic N) is 1. The Bertz CT molecular complexity index is 484. The Labute approximate surface area is 99.0 Å². The quantitative estimate of drug-likeness (QED) is 0.875. The molecule has 17 heavy (non-hydrogen) atoms. The molecular weight excluding hydrogens is 221 g/mol. The average Bonchev–Trinajstić information content (AvgIpc) is 2.74. The summed E-state index contributed by atoms with van der Waals surface area (Å²) >= 11 is 0. The molecule has 1 aliphatic heterocycles. The lowest BCUT2D eigenvalue weighted by Crippen LogP contribution is -2.33. The fourth-order valence-corrected chi connectivity index (χ4v) is 2.13. The molecule has 2 rings (SSSR count). The Kier molecular flexibility index (Phi) is 2.96. The lowest BCUT2D eigenvalue weighted by molar-refractivity contribution is -0.143. The molecule has 0 aliphatic carbocycles. The second-order valence-corrected chi connectivity index (χ2v) is 4.26. The molecule has 4 heteroatoms. The fraction of sp³-hybridized carbons (Fsp3) is 0.385. The van der Waals surface area contributed by atoms with Crippen LogP contribution in [0.3, 0.4) is 0 Å². The van der Waals surface area contributed by atoms with Gasteiger partial charge in [0.1, 0.15) is 5.82 Å². The molecule has 0 bridgehead atoms. The Morgan fingerprint density at radius 2 is 2.35 bits per heavy atom. The van der Waals surface area contributed by atoms with E-state index >= 15 is 0 Å². The predicted octanol–water partition coefficient (Wildman–Crippen LogP) is 2.64. The van der Waals surface area contributed by atoms with Gasteiger partial charge in [-0.3, -0.25) is 4.99 Å². The van der Waals surface area contributed by atoms with E-state index in [1.807, 2.05) is 6.92 Å². The normalized spacial score (nSPS) is 23.5. The van der Waals surface area contributed by atoms with E-state index in [-0.39, 0.29) is 5.82 Å². The molecule has 0 aromatic heterocycles. The molecule has 1 unspecified atom stereocenters. The van der Waals surface area contributed by atoms with Gasteiger partial charge >= 0.3 is 5.97 Å². The maximum atomic E-state index is 13.1. The zero-order valence-electron chi connectivity index (χ0n) is 9.61. The van der Waals surface area contributed by atoms with E-state index in [1.54, 1.807) is 12.1 Å². The minimum Gasteiger partial charge on any atom is -0.479 e. The number of aliphatic imine (C=N–C) groups is 1. The van der Waals surface area contributed by atoms with Crippen molar-refractivity contribution in [1.29, 1.82) is 0 Å². The highest BCUT2D eigenvalue weighted by Crippen LogP contribution is 2.31. The maximum absolute atomic E-state index is 13.1. The van der Waals surface area contributed by atoms with Crippen molar-refractivity contribution < 1.29 is 14.3 Å². The standard InChI is InChI=1S/C13H14FNO2/c1-2-13(12(16)17)7-6-11(15-13)9-4-3-5-10(14)8-9/h3-5,8H,2,6-7H2,1H3,(H,16,17). The van der Waals surface area contributed by atoms with Crippen molar-refractivity contribution >= 4 is 11.7 Å². The van der Waals surface area contributed by atoms with Crippen molar-refractivity contribution in [2.75, 3.05) is 0 Å². The highest BCUT2D eigenvalue weighted by atomic mass is 19.1. The van der Waals surface area contributed by atoms with Gasteiger partial charge in [-0.15, -0.1) is 0 Å². The summed E-state index contributed by atoms with van der Waals surface area (Å²) in [6, 6.07) is 6.13. The second kappa shape index (κ2) is 4.28. The number of carbonyl (C=O) groups is 1. The Hall–Kier alpha value is -1.71. The summed E-state index contributed by atoms with van der Waals surface area (Å²) in [5.74, 6) is -1.22. The van der Waals surface area contributed by atoms with Gasteiger partial charge in [-0.1, -0.05) is 19.1 Å². The van der Waals surface area contributed by atoms with Crippen LogP contribution in [0.4, 0.5) is 4.39 Å². The zero-order chi connectivity index (χ0) is 12.5. The van der Waals surface area contributed by atoms with E-state index in [2.05, 4.69) is 4.99 Å². The van der Waals surface area contributed by atoms with E-state index in [1.165, 1.54) is 12.1 Å². The van der Waals surface area contributed by atoms with E-state index in [0.29, 0.717) is 30.5 Å². The molecule has 1 aromatic rings. The van der Waals surface area contributed by atoms with Crippen molar-refractivity contribution in [3.05, 3.63) is 35.6 Å². The topological polar surface area (TPSA) is 49.7 Å². The van der Waals surface area contributed by atoms with Crippen LogP contribution in [0.25, 0.3) is 0 Å². The molecule has 3 nitrogen and oxygen atoms in total. The molecule has 1 aliphatic rings. The molecule has 0 saturated carbocycles. The first-order chi connectivity index (χ1) is 8.07. The first-order valence-electron chi connectivity index (χ1n) is 5.65. The largest absolute Gasteiger partial charge is 0.479 e. The zero-order valence-corrected chi connectivity index (χ0v) is 9.61. The third kappa shape index (κ3) is 2.07. The molecule has 1 aromatic carbocycles. The molecule has 90 valence electrons. The van der Waals surface area contributed by atoms with Crippen LogP contribution in [-0.4, -0.2) is 22.3 Å². The molecule has 0 radical (unpaired) electrons. The molecule has 0 spiro atoms. The maximum Gasteiger partial charge on any atom is 0.331 e. The van der Waals surface area contributed by atoms with Gasteiger partial charge in [-0.25, -0.2) is 9.18 Å². The summed E-state index contributed by atoms with van der Waals surface area (Å²) < 4.78 is 13.1. The van der Waals surface area contributed by atoms with E-state index in [0.717, 1.165) is 0 Å². The van der Waals surface area contributed by atoms with Gasteiger partial charge in [-0.05, 0) is 37.0 Å². The van der Waals surface area contributed by atoms with Crippen LogP contribution in [0, 0.1) is 5.82 Å². The lowest BCUT2D eigenvalue weighted by Gasteiger charge is -2.17. The van der Waals surface area contributed by atoms with Crippen molar-refractivity contribution in [3.63, 3.8) is 0 Å². The lowest BCUT2D eigenvalue weighted by atomic mass is 9.94. The fourth-order valence-electron chi connectivity index (χ4n) is 2.13. The first kappa shape index (κ1) is 11.8. The van der Waals surface area contributed by atoms with E-state index in [4.69, 9.17) is 0 Å². The molecule has 0 amide bonds. The van der Waals surface area contributed by atoms with E-state index in [9.17, 15) is 14.3 Å². The average molecular weight is 235 g/mol. The number of benzene rings is 1. The number of aliphatic carboxylic acids is 1. The Morgan fingerprint density at radius 3 is 2.88 bits per heavy atom. The Balaban J connectivity index is 2.36. The van der Waals surface area contributed by atoms with Crippen LogP contribution >= 0.6 is 0 Å². The van der Waals surface area contributed by atoms with Crippen molar-refractivity contribution in [2.24, 2.45) is 4.99 Å². The van der Waals surface area contributed by atoms with Crippen LogP contribution in [0.5, 0.6) is 0 Å². The molecule has 1 heterocycles. The van der Waals surface area contributed by atoms with Gasteiger partial charge in [0.25, 0.3) is 0 Å². The minimum absolute atomic E-state index is 0.325. The number of rotatable bonds is 3. The van der Waals surface area contributed by atoms with Gasteiger partial charge in [0, 0.05) is 5.71 Å². The van der Waals surface area contributed by atoms with Crippen LogP contribution in [0.15, 0.2) is 29.3 Å². The SMILES string of the molecule is CCC1(C(=O)O)CCC(c2cccc(F)c2)=N1. The molecule has 0 fully saturated rings.